The second-order valence-corrected chi connectivity index (χ2v) is 8.76. The van der Waals surface area contributed by atoms with E-state index in [0.717, 1.165) is 32.1 Å². The predicted molar refractivity (Wildman–Crippen MR) is 132 cm³/mol. The molecule has 1 N–H and O–H groups in total. The Morgan fingerprint density at radius 2 is 1.71 bits per heavy atom. The Balaban J connectivity index is 1.85. The van der Waals surface area contributed by atoms with Gasteiger partial charge in [0, 0.05) is 29.1 Å². The molecule has 0 bridgehead atoms. The van der Waals surface area contributed by atoms with Crippen molar-refractivity contribution < 1.29 is 18.8 Å². The highest BCUT2D eigenvalue weighted by Crippen LogP contribution is 2.32. The molecule has 2 aromatic carbocycles. The molecule has 1 fully saturated rings. The third kappa shape index (κ3) is 5.62. The van der Waals surface area contributed by atoms with Crippen LogP contribution >= 0.6 is 0 Å². The minimum atomic E-state index is -1.30. The van der Waals surface area contributed by atoms with Gasteiger partial charge in [-0.05, 0) is 50.1 Å². The number of pyridine rings is 1. The molecule has 0 unspecified atom stereocenters. The van der Waals surface area contributed by atoms with Crippen molar-refractivity contribution >= 4 is 23.3 Å². The van der Waals surface area contributed by atoms with E-state index in [-0.39, 0.29) is 23.1 Å². The van der Waals surface area contributed by atoms with Crippen LogP contribution < -0.4 is 10.2 Å². The van der Waals surface area contributed by atoms with Gasteiger partial charge >= 0.3 is 0 Å². The number of carbonyl (C=O) groups is 3. The van der Waals surface area contributed by atoms with Gasteiger partial charge in [-0.1, -0.05) is 55.7 Å². The number of ketones is 1. The van der Waals surface area contributed by atoms with E-state index >= 15 is 4.39 Å². The van der Waals surface area contributed by atoms with E-state index < -0.39 is 23.7 Å². The van der Waals surface area contributed by atoms with Gasteiger partial charge in [0.15, 0.2) is 5.78 Å². The SMILES string of the molecule is CC(=O)c1cccc(N(C(=O)c2ccccn2)[C@H](C(=O)NC2CCCCC2)c2ccccc2F)c1. The van der Waals surface area contributed by atoms with Gasteiger partial charge in [-0.25, -0.2) is 4.39 Å². The molecule has 35 heavy (non-hydrogen) atoms. The van der Waals surface area contributed by atoms with Gasteiger partial charge in [0.25, 0.3) is 5.91 Å². The number of carbonyl (C=O) groups excluding carboxylic acids is 3. The maximum Gasteiger partial charge on any atom is 0.277 e. The quantitative estimate of drug-likeness (QED) is 0.475. The van der Waals surface area contributed by atoms with Crippen LogP contribution in [0.1, 0.15) is 71.5 Å². The zero-order chi connectivity index (χ0) is 24.8. The highest BCUT2D eigenvalue weighted by molar-refractivity contribution is 6.09. The van der Waals surface area contributed by atoms with Gasteiger partial charge in [-0.2, -0.15) is 0 Å². The van der Waals surface area contributed by atoms with Crippen molar-refractivity contribution in [2.24, 2.45) is 0 Å². The molecule has 180 valence electrons. The minimum Gasteiger partial charge on any atom is -0.351 e. The molecule has 0 spiro atoms. The van der Waals surface area contributed by atoms with Gasteiger partial charge in [0.1, 0.15) is 17.6 Å². The molecule has 7 heteroatoms. The first-order chi connectivity index (χ1) is 17.0. The maximum atomic E-state index is 15.1. The standard InChI is InChI=1S/C28H28FN3O3/c1-19(33)20-10-9-13-22(18-20)32(28(35)25-16-7-8-17-30-25)26(23-14-5-6-15-24(23)29)27(34)31-21-11-3-2-4-12-21/h5-10,13-18,21,26H,2-4,11-12H2,1H3,(H,31,34)/t26-/m0/s1. The Kier molecular flexibility index (Phi) is 7.65. The third-order valence-electron chi connectivity index (χ3n) is 6.29. The van der Waals surface area contributed by atoms with Crippen LogP contribution in [0.3, 0.4) is 0 Å². The summed E-state index contributed by atoms with van der Waals surface area (Å²) in [5, 5.41) is 3.05. The van der Waals surface area contributed by atoms with E-state index in [0.29, 0.717) is 11.3 Å². The van der Waals surface area contributed by atoms with Crippen molar-refractivity contribution in [3.63, 3.8) is 0 Å². The molecule has 1 heterocycles. The van der Waals surface area contributed by atoms with Gasteiger partial charge in [0.2, 0.25) is 5.91 Å². The van der Waals surface area contributed by atoms with Gasteiger partial charge in [0.05, 0.1) is 0 Å². The Morgan fingerprint density at radius 3 is 2.40 bits per heavy atom. The Labute approximate surface area is 204 Å². The third-order valence-corrected chi connectivity index (χ3v) is 6.29. The molecule has 1 aromatic heterocycles. The number of nitrogens with one attached hydrogen (secondary N) is 1. The summed E-state index contributed by atoms with van der Waals surface area (Å²) in [7, 11) is 0. The van der Waals surface area contributed by atoms with Crippen LogP contribution in [0.25, 0.3) is 0 Å². The van der Waals surface area contributed by atoms with Crippen molar-refractivity contribution in [1.29, 1.82) is 0 Å². The lowest BCUT2D eigenvalue weighted by Gasteiger charge is -2.33. The van der Waals surface area contributed by atoms with Crippen molar-refractivity contribution in [3.05, 3.63) is 95.6 Å². The van der Waals surface area contributed by atoms with E-state index in [1.807, 2.05) is 0 Å². The highest BCUT2D eigenvalue weighted by atomic mass is 19.1. The monoisotopic (exact) mass is 473 g/mol. The number of hydrogen-bond acceptors (Lipinski definition) is 4. The number of aromatic nitrogens is 1. The van der Waals surface area contributed by atoms with Crippen molar-refractivity contribution in [2.45, 2.75) is 51.1 Å². The lowest BCUT2D eigenvalue weighted by molar-refractivity contribution is -0.123. The second kappa shape index (κ2) is 11.0. The van der Waals surface area contributed by atoms with Crippen LogP contribution in [0.5, 0.6) is 0 Å². The first-order valence-electron chi connectivity index (χ1n) is 11.9. The number of hydrogen-bond donors (Lipinski definition) is 1. The van der Waals surface area contributed by atoms with E-state index in [9.17, 15) is 14.4 Å². The van der Waals surface area contributed by atoms with Crippen LogP contribution in [0.4, 0.5) is 10.1 Å². The number of amides is 2. The molecule has 0 radical (unpaired) electrons. The predicted octanol–water partition coefficient (Wildman–Crippen LogP) is 5.26. The van der Waals surface area contributed by atoms with Gasteiger partial charge in [-0.3, -0.25) is 24.3 Å². The molecular weight excluding hydrogens is 445 g/mol. The molecule has 1 saturated carbocycles. The fraction of sp³-hybridized carbons (Fsp3) is 0.286. The molecule has 0 aliphatic heterocycles. The smallest absolute Gasteiger partial charge is 0.277 e. The first kappa shape index (κ1) is 24.3. The van der Waals surface area contributed by atoms with E-state index in [4.69, 9.17) is 0 Å². The summed E-state index contributed by atoms with van der Waals surface area (Å²) in [5.41, 5.74) is 0.854. The summed E-state index contributed by atoms with van der Waals surface area (Å²) in [4.78, 5) is 45.1. The molecule has 1 aliphatic rings. The lowest BCUT2D eigenvalue weighted by atomic mass is 9.94. The van der Waals surface area contributed by atoms with E-state index in [1.165, 1.54) is 36.2 Å². The number of rotatable bonds is 7. The molecule has 6 nitrogen and oxygen atoms in total. The number of anilines is 1. The average molecular weight is 474 g/mol. The normalized spacial score (nSPS) is 14.7. The highest BCUT2D eigenvalue weighted by Gasteiger charge is 2.36. The number of Topliss-reactive ketones (excluding diaryl/α,β-unsaturated/α-hetero) is 1. The van der Waals surface area contributed by atoms with Crippen LogP contribution in [0, 0.1) is 5.82 Å². The Hall–Kier alpha value is -3.87. The van der Waals surface area contributed by atoms with Crippen LogP contribution in [0.2, 0.25) is 0 Å². The summed E-state index contributed by atoms with van der Waals surface area (Å²) in [6.07, 6.45) is 6.29. The van der Waals surface area contributed by atoms with Crippen molar-refractivity contribution in [2.75, 3.05) is 4.90 Å². The van der Waals surface area contributed by atoms with Gasteiger partial charge in [-0.15, -0.1) is 0 Å². The zero-order valence-corrected chi connectivity index (χ0v) is 19.6. The summed E-state index contributed by atoms with van der Waals surface area (Å²) < 4.78 is 15.1. The second-order valence-electron chi connectivity index (χ2n) is 8.76. The van der Waals surface area contributed by atoms with Crippen molar-refractivity contribution in [3.8, 4) is 0 Å². The van der Waals surface area contributed by atoms with Gasteiger partial charge < -0.3 is 5.32 Å². The fourth-order valence-corrected chi connectivity index (χ4v) is 4.49. The maximum absolute atomic E-state index is 15.1. The first-order valence-corrected chi connectivity index (χ1v) is 11.9. The van der Waals surface area contributed by atoms with Crippen LogP contribution in [-0.2, 0) is 4.79 Å². The number of benzene rings is 2. The van der Waals surface area contributed by atoms with E-state index in [1.54, 1.807) is 48.5 Å². The molecule has 0 saturated heterocycles. The van der Waals surface area contributed by atoms with Crippen molar-refractivity contribution in [1.82, 2.24) is 10.3 Å². The summed E-state index contributed by atoms with van der Waals surface area (Å²) >= 11 is 0. The largest absolute Gasteiger partial charge is 0.351 e. The molecule has 1 aliphatic carbocycles. The van der Waals surface area contributed by atoms with Crippen LogP contribution in [0.15, 0.2) is 72.9 Å². The topological polar surface area (TPSA) is 79.4 Å². The number of nitrogens with zero attached hydrogens (tertiary/aromatic N) is 2. The molecule has 1 atom stereocenters. The average Bonchev–Trinajstić information content (AvgIpc) is 2.88. The van der Waals surface area contributed by atoms with E-state index in [2.05, 4.69) is 10.3 Å². The Bertz CT molecular complexity index is 1210. The molecule has 3 aromatic rings. The number of halogens is 1. The Morgan fingerprint density at radius 1 is 0.971 bits per heavy atom. The van der Waals surface area contributed by atoms with Crippen LogP contribution in [-0.4, -0.2) is 28.6 Å². The molecule has 2 amide bonds. The fourth-order valence-electron chi connectivity index (χ4n) is 4.49. The minimum absolute atomic E-state index is 0.0409. The zero-order valence-electron chi connectivity index (χ0n) is 19.6. The molecular formula is C28H28FN3O3. The lowest BCUT2D eigenvalue weighted by Crippen LogP contribution is -2.47. The summed E-state index contributed by atoms with van der Waals surface area (Å²) in [6.45, 7) is 1.42. The summed E-state index contributed by atoms with van der Waals surface area (Å²) in [6, 6.07) is 16.0. The summed E-state index contributed by atoms with van der Waals surface area (Å²) in [5.74, 6) is -1.83. The molecule has 4 rings (SSSR count).